The molecule has 1 heterocycles. The van der Waals surface area contributed by atoms with E-state index in [0.717, 1.165) is 11.1 Å². The van der Waals surface area contributed by atoms with Crippen LogP contribution in [0.25, 0.3) is 22.5 Å². The molecule has 0 saturated carbocycles. The molecule has 0 aliphatic rings. The lowest BCUT2D eigenvalue weighted by Crippen LogP contribution is -2.30. The van der Waals surface area contributed by atoms with E-state index < -0.39 is 0 Å². The van der Waals surface area contributed by atoms with Gasteiger partial charge in [-0.3, -0.25) is 15.6 Å². The molecule has 0 saturated heterocycles. The van der Waals surface area contributed by atoms with Gasteiger partial charge < -0.3 is 0 Å². The summed E-state index contributed by atoms with van der Waals surface area (Å²) >= 11 is 5.86. The number of carbonyl (C=O) groups is 1. The Morgan fingerprint density at radius 3 is 2.03 bits per heavy atom. The fourth-order valence-corrected chi connectivity index (χ4v) is 2.94. The van der Waals surface area contributed by atoms with E-state index in [9.17, 15) is 9.18 Å². The fourth-order valence-electron chi connectivity index (χ4n) is 2.81. The molecule has 0 radical (unpaired) electrons. The molecule has 30 heavy (non-hydrogen) atoms. The molecular weight excluding hydrogens is 403 g/mol. The van der Waals surface area contributed by atoms with Crippen LogP contribution in [0.1, 0.15) is 10.4 Å². The van der Waals surface area contributed by atoms with Crippen molar-refractivity contribution in [2.75, 3.05) is 5.43 Å². The van der Waals surface area contributed by atoms with Crippen molar-refractivity contribution in [3.63, 3.8) is 0 Å². The van der Waals surface area contributed by atoms with Crippen molar-refractivity contribution >= 4 is 23.5 Å². The van der Waals surface area contributed by atoms with Crippen LogP contribution in [0.4, 0.5) is 10.3 Å². The van der Waals surface area contributed by atoms with Gasteiger partial charge in [-0.05, 0) is 54.6 Å². The number of hydrazine groups is 1. The van der Waals surface area contributed by atoms with Crippen LogP contribution in [0.3, 0.4) is 0 Å². The lowest BCUT2D eigenvalue weighted by Gasteiger charge is -2.11. The Bertz CT molecular complexity index is 1170. The highest BCUT2D eigenvalue weighted by molar-refractivity contribution is 6.30. The van der Waals surface area contributed by atoms with E-state index in [0.29, 0.717) is 22.0 Å². The topological polar surface area (TPSA) is 66.9 Å². The number of rotatable bonds is 5. The third-order valence-corrected chi connectivity index (χ3v) is 4.58. The van der Waals surface area contributed by atoms with Crippen LogP contribution in [0.2, 0.25) is 5.02 Å². The van der Waals surface area contributed by atoms with Crippen molar-refractivity contribution in [2.24, 2.45) is 0 Å². The monoisotopic (exact) mass is 418 g/mol. The number of carbonyl (C=O) groups excluding carboxylic acids is 1. The number of hydrogen-bond donors (Lipinski definition) is 2. The third kappa shape index (κ3) is 4.61. The summed E-state index contributed by atoms with van der Waals surface area (Å²) < 4.78 is 13.3. The van der Waals surface area contributed by atoms with Gasteiger partial charge in [-0.2, -0.15) is 0 Å². The van der Waals surface area contributed by atoms with E-state index >= 15 is 0 Å². The molecule has 7 heteroatoms. The summed E-state index contributed by atoms with van der Waals surface area (Å²) in [4.78, 5) is 21.3. The van der Waals surface area contributed by atoms with Gasteiger partial charge in [-0.25, -0.2) is 14.4 Å². The van der Waals surface area contributed by atoms with Gasteiger partial charge in [0.15, 0.2) is 0 Å². The lowest BCUT2D eigenvalue weighted by atomic mass is 10.1. The highest BCUT2D eigenvalue weighted by Gasteiger charge is 2.11. The summed E-state index contributed by atoms with van der Waals surface area (Å²) in [6.45, 7) is 0. The van der Waals surface area contributed by atoms with Crippen molar-refractivity contribution < 1.29 is 9.18 Å². The Morgan fingerprint density at radius 2 is 1.40 bits per heavy atom. The highest BCUT2D eigenvalue weighted by atomic mass is 35.5. The molecule has 1 amide bonds. The molecule has 0 atom stereocenters. The van der Waals surface area contributed by atoms with Gasteiger partial charge in [0.1, 0.15) is 5.82 Å². The minimum atomic E-state index is -0.358. The summed E-state index contributed by atoms with van der Waals surface area (Å²) in [6.07, 6.45) is 0. The first-order valence-corrected chi connectivity index (χ1v) is 9.49. The van der Waals surface area contributed by atoms with Gasteiger partial charge in [-0.1, -0.05) is 41.9 Å². The molecule has 0 aliphatic carbocycles. The Hall–Kier alpha value is -3.77. The predicted molar refractivity (Wildman–Crippen MR) is 115 cm³/mol. The smallest absolute Gasteiger partial charge is 0.267 e. The zero-order chi connectivity index (χ0) is 20.9. The van der Waals surface area contributed by atoms with Gasteiger partial charge in [-0.15, -0.1) is 0 Å². The average molecular weight is 419 g/mol. The molecule has 4 aromatic rings. The Morgan fingerprint density at radius 1 is 0.800 bits per heavy atom. The normalized spacial score (nSPS) is 10.5. The number of amides is 1. The Kier molecular flexibility index (Phi) is 5.68. The van der Waals surface area contributed by atoms with Gasteiger partial charge in [0.25, 0.3) is 5.91 Å². The SMILES string of the molecule is O=C(NNc1nc(-c2ccccc2)cc(-c2ccc(F)cc2)n1)c1ccc(Cl)cc1. The van der Waals surface area contributed by atoms with Gasteiger partial charge in [0.2, 0.25) is 5.95 Å². The van der Waals surface area contributed by atoms with E-state index in [4.69, 9.17) is 11.6 Å². The number of nitrogens with zero attached hydrogens (tertiary/aromatic N) is 2. The Balaban J connectivity index is 1.64. The van der Waals surface area contributed by atoms with E-state index in [2.05, 4.69) is 20.8 Å². The molecule has 0 aliphatic heterocycles. The molecular formula is C23H16ClFN4O. The van der Waals surface area contributed by atoms with Gasteiger partial charge in [0.05, 0.1) is 11.4 Å². The minimum absolute atomic E-state index is 0.206. The number of aromatic nitrogens is 2. The summed E-state index contributed by atoms with van der Waals surface area (Å²) in [6, 6.07) is 23.9. The fraction of sp³-hybridized carbons (Fsp3) is 0. The zero-order valence-electron chi connectivity index (χ0n) is 15.6. The van der Waals surface area contributed by atoms with Crippen molar-refractivity contribution in [1.29, 1.82) is 0 Å². The predicted octanol–water partition coefficient (Wildman–Crippen LogP) is 5.36. The maximum Gasteiger partial charge on any atom is 0.269 e. The molecule has 0 fully saturated rings. The first-order chi connectivity index (χ1) is 14.6. The second kappa shape index (κ2) is 8.71. The number of anilines is 1. The van der Waals surface area contributed by atoms with Crippen molar-refractivity contribution in [3.8, 4) is 22.5 Å². The quantitative estimate of drug-likeness (QED) is 0.428. The van der Waals surface area contributed by atoms with Crippen LogP contribution >= 0.6 is 11.6 Å². The second-order valence-electron chi connectivity index (χ2n) is 6.42. The summed E-state index contributed by atoms with van der Waals surface area (Å²) in [7, 11) is 0. The molecule has 5 nitrogen and oxygen atoms in total. The van der Waals surface area contributed by atoms with Crippen molar-refractivity contribution in [1.82, 2.24) is 15.4 Å². The summed E-state index contributed by atoms with van der Waals surface area (Å²) in [5.41, 5.74) is 8.64. The maximum absolute atomic E-state index is 13.3. The van der Waals surface area contributed by atoms with Crippen LogP contribution in [-0.4, -0.2) is 15.9 Å². The minimum Gasteiger partial charge on any atom is -0.267 e. The largest absolute Gasteiger partial charge is 0.269 e. The number of halogens is 2. The van der Waals surface area contributed by atoms with Crippen LogP contribution in [0.15, 0.2) is 84.9 Å². The van der Waals surface area contributed by atoms with Crippen LogP contribution in [0, 0.1) is 5.82 Å². The second-order valence-corrected chi connectivity index (χ2v) is 6.86. The van der Waals surface area contributed by atoms with Crippen molar-refractivity contribution in [2.45, 2.75) is 0 Å². The number of benzene rings is 3. The van der Waals surface area contributed by atoms with E-state index in [-0.39, 0.29) is 17.7 Å². The first-order valence-electron chi connectivity index (χ1n) is 9.11. The molecule has 0 bridgehead atoms. The molecule has 2 N–H and O–H groups in total. The van der Waals surface area contributed by atoms with Gasteiger partial charge >= 0.3 is 0 Å². The molecule has 1 aromatic heterocycles. The molecule has 148 valence electrons. The molecule has 0 unspecified atom stereocenters. The standard InChI is InChI=1S/C23H16ClFN4O/c24-18-10-6-17(7-11-18)22(30)28-29-23-26-20(15-4-2-1-3-5-15)14-21(27-23)16-8-12-19(25)13-9-16/h1-14H,(H,28,30)(H,26,27,29). The molecule has 4 rings (SSSR count). The first kappa shape index (κ1) is 19.5. The van der Waals surface area contributed by atoms with Crippen LogP contribution in [0.5, 0.6) is 0 Å². The van der Waals surface area contributed by atoms with Crippen LogP contribution in [-0.2, 0) is 0 Å². The number of hydrogen-bond acceptors (Lipinski definition) is 4. The average Bonchev–Trinajstić information content (AvgIpc) is 2.79. The zero-order valence-corrected chi connectivity index (χ0v) is 16.4. The summed E-state index contributed by atoms with van der Waals surface area (Å²) in [5, 5.41) is 0.544. The van der Waals surface area contributed by atoms with E-state index in [1.54, 1.807) is 36.4 Å². The molecule has 3 aromatic carbocycles. The highest BCUT2D eigenvalue weighted by Crippen LogP contribution is 2.25. The maximum atomic E-state index is 13.3. The van der Waals surface area contributed by atoms with E-state index in [1.165, 1.54) is 12.1 Å². The van der Waals surface area contributed by atoms with E-state index in [1.807, 2.05) is 36.4 Å². The van der Waals surface area contributed by atoms with Crippen LogP contribution < -0.4 is 10.9 Å². The lowest BCUT2D eigenvalue weighted by molar-refractivity contribution is 0.0962. The number of nitrogens with one attached hydrogen (secondary N) is 2. The van der Waals surface area contributed by atoms with Gasteiger partial charge in [0, 0.05) is 21.7 Å². The summed E-state index contributed by atoms with van der Waals surface area (Å²) in [5.74, 6) is -0.480. The van der Waals surface area contributed by atoms with Crippen molar-refractivity contribution in [3.05, 3.63) is 101 Å². The molecule has 0 spiro atoms. The third-order valence-electron chi connectivity index (χ3n) is 4.33. The Labute approximate surface area is 177 Å².